The van der Waals surface area contributed by atoms with Gasteiger partial charge in [0.05, 0.1) is 5.69 Å². The molecule has 0 bridgehead atoms. The zero-order valence-corrected chi connectivity index (χ0v) is 13.8. The van der Waals surface area contributed by atoms with Crippen LogP contribution in [0.15, 0.2) is 36.4 Å². The van der Waals surface area contributed by atoms with Gasteiger partial charge in [0.2, 0.25) is 5.91 Å². The van der Waals surface area contributed by atoms with Gasteiger partial charge in [-0.25, -0.2) is 4.39 Å². The van der Waals surface area contributed by atoms with E-state index >= 15 is 0 Å². The molecule has 24 heavy (non-hydrogen) atoms. The second-order valence-electron chi connectivity index (χ2n) is 5.48. The van der Waals surface area contributed by atoms with Crippen molar-refractivity contribution in [1.29, 1.82) is 0 Å². The number of carbonyl (C=O) groups is 2. The normalized spacial score (nSPS) is 10.2. The summed E-state index contributed by atoms with van der Waals surface area (Å²) in [5.74, 6) is -0.756. The summed E-state index contributed by atoms with van der Waals surface area (Å²) in [7, 11) is 0. The Morgan fingerprint density at radius 1 is 1.08 bits per heavy atom. The first kappa shape index (κ1) is 17.5. The van der Waals surface area contributed by atoms with Crippen LogP contribution in [0, 0.1) is 19.7 Å². The van der Waals surface area contributed by atoms with Gasteiger partial charge in [-0.3, -0.25) is 9.59 Å². The van der Waals surface area contributed by atoms with Crippen LogP contribution >= 0.6 is 0 Å². The molecule has 0 radical (unpaired) electrons. The summed E-state index contributed by atoms with van der Waals surface area (Å²) in [5, 5.41) is 4.97. The lowest BCUT2D eigenvalue weighted by Gasteiger charge is -2.11. The third kappa shape index (κ3) is 4.81. The number of anilines is 2. The quantitative estimate of drug-likeness (QED) is 0.883. The highest BCUT2D eigenvalue weighted by Crippen LogP contribution is 2.21. The first-order valence-electron chi connectivity index (χ1n) is 7.42. The van der Waals surface area contributed by atoms with Crippen molar-refractivity contribution in [3.63, 3.8) is 0 Å². The first-order chi connectivity index (χ1) is 11.3. The van der Waals surface area contributed by atoms with Gasteiger partial charge < -0.3 is 15.4 Å². The number of hydrogen-bond donors (Lipinski definition) is 2. The number of amides is 2. The Balaban J connectivity index is 2.01. The van der Waals surface area contributed by atoms with Crippen LogP contribution in [0.2, 0.25) is 0 Å². The van der Waals surface area contributed by atoms with Crippen LogP contribution in [-0.4, -0.2) is 18.4 Å². The smallest absolute Gasteiger partial charge is 0.262 e. The van der Waals surface area contributed by atoms with E-state index in [-0.39, 0.29) is 18.2 Å². The van der Waals surface area contributed by atoms with E-state index in [4.69, 9.17) is 4.74 Å². The molecule has 0 saturated heterocycles. The van der Waals surface area contributed by atoms with Gasteiger partial charge >= 0.3 is 0 Å². The fourth-order valence-electron chi connectivity index (χ4n) is 2.09. The second kappa shape index (κ2) is 7.59. The van der Waals surface area contributed by atoms with Gasteiger partial charge in [-0.05, 0) is 49.2 Å². The average Bonchev–Trinajstić information content (AvgIpc) is 2.51. The highest BCUT2D eigenvalue weighted by atomic mass is 19.1. The van der Waals surface area contributed by atoms with Gasteiger partial charge in [0.25, 0.3) is 5.91 Å². The summed E-state index contributed by atoms with van der Waals surface area (Å²) in [6.07, 6.45) is 0. The maximum absolute atomic E-state index is 13.8. The largest absolute Gasteiger partial charge is 0.483 e. The summed E-state index contributed by atoms with van der Waals surface area (Å²) in [4.78, 5) is 23.0. The number of rotatable bonds is 5. The lowest BCUT2D eigenvalue weighted by atomic mass is 10.1. The molecule has 2 aromatic rings. The Hall–Kier alpha value is -2.89. The van der Waals surface area contributed by atoms with E-state index in [1.54, 1.807) is 0 Å². The molecule has 0 aliphatic rings. The molecule has 0 atom stereocenters. The number of halogens is 1. The molecule has 0 spiro atoms. The Kier molecular flexibility index (Phi) is 5.52. The molecule has 0 aromatic heterocycles. The molecule has 2 rings (SSSR count). The number of hydrogen-bond acceptors (Lipinski definition) is 3. The molecule has 0 heterocycles. The molecule has 2 N–H and O–H groups in total. The van der Waals surface area contributed by atoms with Crippen LogP contribution in [0.1, 0.15) is 18.1 Å². The molecule has 0 saturated carbocycles. The van der Waals surface area contributed by atoms with Crippen molar-refractivity contribution in [1.82, 2.24) is 0 Å². The summed E-state index contributed by atoms with van der Waals surface area (Å²) >= 11 is 0. The molecule has 0 aliphatic heterocycles. The molecular formula is C18H19FN2O3. The maximum Gasteiger partial charge on any atom is 0.262 e. The van der Waals surface area contributed by atoms with E-state index in [1.165, 1.54) is 25.1 Å². The summed E-state index contributed by atoms with van der Waals surface area (Å²) in [5.41, 5.74) is 2.31. The van der Waals surface area contributed by atoms with E-state index in [9.17, 15) is 14.0 Å². The van der Waals surface area contributed by atoms with Crippen LogP contribution < -0.4 is 15.4 Å². The average molecular weight is 330 g/mol. The van der Waals surface area contributed by atoms with Gasteiger partial charge in [0.1, 0.15) is 11.6 Å². The number of benzene rings is 2. The van der Waals surface area contributed by atoms with Gasteiger partial charge in [0.15, 0.2) is 6.61 Å². The highest BCUT2D eigenvalue weighted by Gasteiger charge is 2.10. The number of ether oxygens (including phenoxy) is 1. The molecule has 0 unspecified atom stereocenters. The van der Waals surface area contributed by atoms with Gasteiger partial charge in [-0.1, -0.05) is 12.1 Å². The third-order valence-corrected chi connectivity index (χ3v) is 3.26. The minimum Gasteiger partial charge on any atom is -0.483 e. The standard InChI is InChI=1S/C18H19FN2O3/c1-11-4-5-12(2)17(8-11)24-10-18(23)21-16-9-14(20-13(3)22)6-7-15(16)19/h4-9H,10H2,1-3H3,(H,20,22)(H,21,23). The molecule has 0 fully saturated rings. The van der Waals surface area contributed by atoms with Crippen LogP contribution in [0.4, 0.5) is 15.8 Å². The van der Waals surface area contributed by atoms with Gasteiger partial charge in [-0.2, -0.15) is 0 Å². The molecule has 2 aromatic carbocycles. The molecular weight excluding hydrogens is 311 g/mol. The number of aryl methyl sites for hydroxylation is 2. The van der Waals surface area contributed by atoms with E-state index in [1.807, 2.05) is 32.0 Å². The predicted molar refractivity (Wildman–Crippen MR) is 90.7 cm³/mol. The van der Waals surface area contributed by atoms with Crippen LogP contribution in [0.25, 0.3) is 0 Å². The predicted octanol–water partition coefficient (Wildman–Crippen LogP) is 3.42. The summed E-state index contributed by atoms with van der Waals surface area (Å²) in [6.45, 7) is 4.91. The maximum atomic E-state index is 13.8. The first-order valence-corrected chi connectivity index (χ1v) is 7.42. The van der Waals surface area contributed by atoms with E-state index in [0.29, 0.717) is 11.4 Å². The topological polar surface area (TPSA) is 67.4 Å². The van der Waals surface area contributed by atoms with Crippen LogP contribution in [0.3, 0.4) is 0 Å². The fraction of sp³-hybridized carbons (Fsp3) is 0.222. The van der Waals surface area contributed by atoms with Crippen LogP contribution in [0.5, 0.6) is 5.75 Å². The summed E-state index contributed by atoms with van der Waals surface area (Å²) in [6, 6.07) is 9.63. The molecule has 0 aliphatic carbocycles. The van der Waals surface area contributed by atoms with E-state index < -0.39 is 11.7 Å². The van der Waals surface area contributed by atoms with Crippen molar-refractivity contribution >= 4 is 23.2 Å². The van der Waals surface area contributed by atoms with E-state index in [2.05, 4.69) is 10.6 Å². The van der Waals surface area contributed by atoms with Crippen molar-refractivity contribution in [2.75, 3.05) is 17.2 Å². The minimum absolute atomic E-state index is 0.0178. The fourth-order valence-corrected chi connectivity index (χ4v) is 2.09. The van der Waals surface area contributed by atoms with Gasteiger partial charge in [-0.15, -0.1) is 0 Å². The number of nitrogens with one attached hydrogen (secondary N) is 2. The summed E-state index contributed by atoms with van der Waals surface area (Å²) < 4.78 is 19.3. The minimum atomic E-state index is -0.593. The lowest BCUT2D eigenvalue weighted by Crippen LogP contribution is -2.21. The zero-order valence-electron chi connectivity index (χ0n) is 13.8. The Bertz CT molecular complexity index is 775. The molecule has 126 valence electrons. The monoisotopic (exact) mass is 330 g/mol. The third-order valence-electron chi connectivity index (χ3n) is 3.26. The van der Waals surface area contributed by atoms with E-state index in [0.717, 1.165) is 11.1 Å². The lowest BCUT2D eigenvalue weighted by molar-refractivity contribution is -0.118. The SMILES string of the molecule is CC(=O)Nc1ccc(F)c(NC(=O)COc2cc(C)ccc2C)c1. The molecule has 2 amide bonds. The zero-order chi connectivity index (χ0) is 17.7. The Morgan fingerprint density at radius 3 is 2.54 bits per heavy atom. The highest BCUT2D eigenvalue weighted by molar-refractivity contribution is 5.94. The molecule has 5 nitrogen and oxygen atoms in total. The Morgan fingerprint density at radius 2 is 1.83 bits per heavy atom. The number of carbonyl (C=O) groups excluding carboxylic acids is 2. The van der Waals surface area contributed by atoms with Crippen molar-refractivity contribution in [2.45, 2.75) is 20.8 Å². The molecule has 6 heteroatoms. The van der Waals surface area contributed by atoms with Crippen molar-refractivity contribution < 1.29 is 18.7 Å². The van der Waals surface area contributed by atoms with Crippen LogP contribution in [-0.2, 0) is 9.59 Å². The van der Waals surface area contributed by atoms with Crippen molar-refractivity contribution in [3.8, 4) is 5.75 Å². The van der Waals surface area contributed by atoms with Crippen molar-refractivity contribution in [3.05, 3.63) is 53.3 Å². The van der Waals surface area contributed by atoms with Crippen molar-refractivity contribution in [2.24, 2.45) is 0 Å². The van der Waals surface area contributed by atoms with Gasteiger partial charge in [0, 0.05) is 12.6 Å². The Labute approximate surface area is 139 Å². The second-order valence-corrected chi connectivity index (χ2v) is 5.48.